The molecule has 1 aromatic carbocycles. The Balaban J connectivity index is 2.28. The topological polar surface area (TPSA) is 38.3 Å². The van der Waals surface area contributed by atoms with E-state index in [0.717, 1.165) is 18.5 Å². The number of benzene rings is 1. The standard InChI is InChI=1S/C17H25NO2/c1-4-15(17(19)20-3)11-13-18-12-10-14(2)16-8-6-5-7-9-16/h5-9,11,14,18H,4,10,12-13H2,1-3H3/b15-11-. The van der Waals surface area contributed by atoms with Crippen LogP contribution in [0.15, 0.2) is 42.0 Å². The third-order valence-corrected chi connectivity index (χ3v) is 3.44. The van der Waals surface area contributed by atoms with Gasteiger partial charge in [-0.05, 0) is 30.9 Å². The Hall–Kier alpha value is -1.61. The van der Waals surface area contributed by atoms with Gasteiger partial charge in [0, 0.05) is 12.1 Å². The van der Waals surface area contributed by atoms with E-state index in [4.69, 9.17) is 4.74 Å². The van der Waals surface area contributed by atoms with Crippen LogP contribution in [0, 0.1) is 0 Å². The van der Waals surface area contributed by atoms with E-state index >= 15 is 0 Å². The lowest BCUT2D eigenvalue weighted by Crippen LogP contribution is -2.18. The first-order valence-electron chi connectivity index (χ1n) is 7.22. The number of nitrogens with one attached hydrogen (secondary N) is 1. The second kappa shape index (κ2) is 9.32. The summed E-state index contributed by atoms with van der Waals surface area (Å²) in [6, 6.07) is 10.5. The molecule has 1 N–H and O–H groups in total. The molecule has 0 saturated heterocycles. The number of hydrogen-bond acceptors (Lipinski definition) is 3. The fourth-order valence-corrected chi connectivity index (χ4v) is 2.07. The van der Waals surface area contributed by atoms with Crippen molar-refractivity contribution >= 4 is 5.97 Å². The zero-order valence-electron chi connectivity index (χ0n) is 12.7. The number of esters is 1. The van der Waals surface area contributed by atoms with Crippen LogP contribution in [-0.4, -0.2) is 26.2 Å². The Labute approximate surface area is 122 Å². The van der Waals surface area contributed by atoms with Gasteiger partial charge in [0.2, 0.25) is 0 Å². The molecule has 0 aliphatic rings. The van der Waals surface area contributed by atoms with E-state index in [-0.39, 0.29) is 5.97 Å². The monoisotopic (exact) mass is 275 g/mol. The molecule has 0 bridgehead atoms. The van der Waals surface area contributed by atoms with E-state index < -0.39 is 0 Å². The number of carbonyl (C=O) groups is 1. The molecule has 1 atom stereocenters. The third-order valence-electron chi connectivity index (χ3n) is 3.44. The van der Waals surface area contributed by atoms with Crippen LogP contribution in [0.3, 0.4) is 0 Å². The fourth-order valence-electron chi connectivity index (χ4n) is 2.07. The predicted octanol–water partition coefficient (Wildman–Crippen LogP) is 3.28. The molecule has 0 aliphatic heterocycles. The number of rotatable bonds is 8. The summed E-state index contributed by atoms with van der Waals surface area (Å²) >= 11 is 0. The number of ether oxygens (including phenoxy) is 1. The highest BCUT2D eigenvalue weighted by Gasteiger charge is 2.06. The summed E-state index contributed by atoms with van der Waals surface area (Å²) in [5.41, 5.74) is 2.10. The van der Waals surface area contributed by atoms with E-state index in [2.05, 4.69) is 36.5 Å². The van der Waals surface area contributed by atoms with Gasteiger partial charge in [0.1, 0.15) is 0 Å². The summed E-state index contributed by atoms with van der Waals surface area (Å²) in [5, 5.41) is 3.35. The molecule has 0 radical (unpaired) electrons. The molecule has 110 valence electrons. The van der Waals surface area contributed by atoms with Gasteiger partial charge in [-0.3, -0.25) is 0 Å². The van der Waals surface area contributed by atoms with Crippen LogP contribution in [0.4, 0.5) is 0 Å². The minimum Gasteiger partial charge on any atom is -0.466 e. The summed E-state index contributed by atoms with van der Waals surface area (Å²) in [7, 11) is 1.42. The number of methoxy groups -OCH3 is 1. The largest absolute Gasteiger partial charge is 0.466 e. The van der Waals surface area contributed by atoms with Gasteiger partial charge in [-0.15, -0.1) is 0 Å². The van der Waals surface area contributed by atoms with Gasteiger partial charge in [-0.2, -0.15) is 0 Å². The molecule has 0 saturated carbocycles. The first-order chi connectivity index (χ1) is 9.69. The van der Waals surface area contributed by atoms with Crippen molar-refractivity contribution in [1.82, 2.24) is 5.32 Å². The average Bonchev–Trinajstić information content (AvgIpc) is 2.50. The second-order valence-electron chi connectivity index (χ2n) is 4.88. The Morgan fingerprint density at radius 1 is 1.35 bits per heavy atom. The molecule has 20 heavy (non-hydrogen) atoms. The summed E-state index contributed by atoms with van der Waals surface area (Å²) in [6.45, 7) is 5.84. The maximum Gasteiger partial charge on any atom is 0.333 e. The molecule has 0 aromatic heterocycles. The molecule has 1 unspecified atom stereocenters. The minimum atomic E-state index is -0.230. The van der Waals surface area contributed by atoms with Gasteiger partial charge in [0.25, 0.3) is 0 Å². The fraction of sp³-hybridized carbons (Fsp3) is 0.471. The molecular weight excluding hydrogens is 250 g/mol. The van der Waals surface area contributed by atoms with E-state index in [1.165, 1.54) is 12.7 Å². The Kier molecular flexibility index (Phi) is 7.66. The van der Waals surface area contributed by atoms with Crippen molar-refractivity contribution in [3.63, 3.8) is 0 Å². The molecular formula is C17H25NO2. The van der Waals surface area contributed by atoms with Crippen LogP contribution < -0.4 is 5.32 Å². The summed E-state index contributed by atoms with van der Waals surface area (Å²) < 4.78 is 4.72. The van der Waals surface area contributed by atoms with E-state index in [9.17, 15) is 4.79 Å². The van der Waals surface area contributed by atoms with Gasteiger partial charge in [-0.1, -0.05) is 50.3 Å². The minimum absolute atomic E-state index is 0.230. The second-order valence-corrected chi connectivity index (χ2v) is 4.88. The molecule has 3 nitrogen and oxygen atoms in total. The van der Waals surface area contributed by atoms with Crippen molar-refractivity contribution in [2.24, 2.45) is 0 Å². The zero-order valence-corrected chi connectivity index (χ0v) is 12.7. The molecule has 0 spiro atoms. The molecule has 0 amide bonds. The van der Waals surface area contributed by atoms with Gasteiger partial charge in [0.05, 0.1) is 7.11 Å². The third kappa shape index (κ3) is 5.57. The quantitative estimate of drug-likeness (QED) is 0.449. The lowest BCUT2D eigenvalue weighted by Gasteiger charge is -2.12. The molecule has 1 rings (SSSR count). The van der Waals surface area contributed by atoms with Crippen LogP contribution in [0.2, 0.25) is 0 Å². The summed E-state index contributed by atoms with van der Waals surface area (Å²) in [5.74, 6) is 0.311. The lowest BCUT2D eigenvalue weighted by molar-refractivity contribution is -0.136. The molecule has 0 aliphatic carbocycles. The van der Waals surface area contributed by atoms with E-state index in [1.54, 1.807) is 0 Å². The number of hydrogen-bond donors (Lipinski definition) is 1. The SMILES string of the molecule is CC/C(=C/CNCCC(C)c1ccccc1)C(=O)OC. The molecule has 3 heteroatoms. The summed E-state index contributed by atoms with van der Waals surface area (Å²) in [6.07, 6.45) is 3.70. The predicted molar refractivity (Wildman–Crippen MR) is 82.7 cm³/mol. The maximum atomic E-state index is 11.4. The van der Waals surface area contributed by atoms with Crippen LogP contribution >= 0.6 is 0 Å². The average molecular weight is 275 g/mol. The van der Waals surface area contributed by atoms with Crippen molar-refractivity contribution in [3.05, 3.63) is 47.5 Å². The first kappa shape index (κ1) is 16.4. The van der Waals surface area contributed by atoms with Crippen molar-refractivity contribution < 1.29 is 9.53 Å². The van der Waals surface area contributed by atoms with Crippen LogP contribution in [0.1, 0.15) is 38.2 Å². The Bertz CT molecular complexity index is 426. The van der Waals surface area contributed by atoms with Crippen LogP contribution in [-0.2, 0) is 9.53 Å². The molecule has 1 aromatic rings. The normalized spacial score (nSPS) is 13.1. The van der Waals surface area contributed by atoms with E-state index in [0.29, 0.717) is 18.9 Å². The Morgan fingerprint density at radius 3 is 2.65 bits per heavy atom. The Morgan fingerprint density at radius 2 is 2.05 bits per heavy atom. The van der Waals surface area contributed by atoms with Gasteiger partial charge < -0.3 is 10.1 Å². The van der Waals surface area contributed by atoms with Gasteiger partial charge >= 0.3 is 5.97 Å². The highest BCUT2D eigenvalue weighted by Crippen LogP contribution is 2.17. The summed E-state index contributed by atoms with van der Waals surface area (Å²) in [4.78, 5) is 11.4. The van der Waals surface area contributed by atoms with Crippen molar-refractivity contribution in [3.8, 4) is 0 Å². The van der Waals surface area contributed by atoms with Gasteiger partial charge in [-0.25, -0.2) is 4.79 Å². The van der Waals surface area contributed by atoms with Crippen molar-refractivity contribution in [2.45, 2.75) is 32.6 Å². The van der Waals surface area contributed by atoms with E-state index in [1.807, 2.05) is 19.1 Å². The van der Waals surface area contributed by atoms with Crippen molar-refractivity contribution in [1.29, 1.82) is 0 Å². The smallest absolute Gasteiger partial charge is 0.333 e. The van der Waals surface area contributed by atoms with Crippen LogP contribution in [0.5, 0.6) is 0 Å². The van der Waals surface area contributed by atoms with Crippen LogP contribution in [0.25, 0.3) is 0 Å². The zero-order chi connectivity index (χ0) is 14.8. The highest BCUT2D eigenvalue weighted by molar-refractivity contribution is 5.88. The lowest BCUT2D eigenvalue weighted by atomic mass is 9.98. The molecule has 0 fully saturated rings. The van der Waals surface area contributed by atoms with Gasteiger partial charge in [0.15, 0.2) is 0 Å². The first-order valence-corrected chi connectivity index (χ1v) is 7.22. The highest BCUT2D eigenvalue weighted by atomic mass is 16.5. The number of carbonyl (C=O) groups excluding carboxylic acids is 1. The van der Waals surface area contributed by atoms with Crippen molar-refractivity contribution in [2.75, 3.05) is 20.2 Å². The maximum absolute atomic E-state index is 11.4. The molecule has 0 heterocycles.